The first-order valence-electron chi connectivity index (χ1n) is 12.7. The minimum Gasteiger partial charge on any atom is -0.488 e. The first kappa shape index (κ1) is 29.4. The van der Waals surface area contributed by atoms with Gasteiger partial charge in [0.05, 0.1) is 6.04 Å². The van der Waals surface area contributed by atoms with Crippen molar-refractivity contribution in [3.63, 3.8) is 0 Å². The molecule has 40 heavy (non-hydrogen) atoms. The molecule has 208 valence electrons. The number of aromatic nitrogens is 2. The number of methoxy groups -OCH3 is 1. The van der Waals surface area contributed by atoms with Gasteiger partial charge in [-0.05, 0) is 43.8 Å². The number of H-pyrrole nitrogens is 1. The van der Waals surface area contributed by atoms with Crippen molar-refractivity contribution in [1.82, 2.24) is 20.4 Å². The van der Waals surface area contributed by atoms with Crippen LogP contribution in [0.4, 0.5) is 0 Å². The van der Waals surface area contributed by atoms with Gasteiger partial charge in [0.1, 0.15) is 24.0 Å². The molecule has 2 atom stereocenters. The van der Waals surface area contributed by atoms with Gasteiger partial charge in [0.2, 0.25) is 0 Å². The third-order valence-electron chi connectivity index (χ3n) is 6.33. The van der Waals surface area contributed by atoms with E-state index in [4.69, 9.17) is 9.47 Å². The molecule has 8 nitrogen and oxygen atoms in total. The molecule has 2 heterocycles. The second-order valence-electron chi connectivity index (χ2n) is 9.35. The summed E-state index contributed by atoms with van der Waals surface area (Å²) in [5.74, 6) is 6.55. The van der Waals surface area contributed by atoms with E-state index in [1.807, 2.05) is 44.3 Å². The summed E-state index contributed by atoms with van der Waals surface area (Å²) in [5.41, 5.74) is 2.45. The molecule has 4 rings (SSSR count). The molecule has 1 aliphatic rings. The summed E-state index contributed by atoms with van der Waals surface area (Å²) in [6.45, 7) is 8.24. The molecule has 0 spiro atoms. The molecule has 0 radical (unpaired) electrons. The average Bonchev–Trinajstić information content (AvgIpc) is 3.56. The van der Waals surface area contributed by atoms with Crippen LogP contribution in [0.1, 0.15) is 33.8 Å². The van der Waals surface area contributed by atoms with Crippen LogP contribution < -0.4 is 14.9 Å². The number of nitrogens with one attached hydrogen (secondary N) is 2. The van der Waals surface area contributed by atoms with Gasteiger partial charge in [0, 0.05) is 47.1 Å². The summed E-state index contributed by atoms with van der Waals surface area (Å²) in [4.78, 5) is 28.4. The molecular weight excluding hydrogens is 544 g/mol. The summed E-state index contributed by atoms with van der Waals surface area (Å²) in [6.07, 6.45) is 0. The molecular formula is C30H32N4O4S2. The van der Waals surface area contributed by atoms with Crippen molar-refractivity contribution < 1.29 is 14.3 Å². The lowest BCUT2D eigenvalue weighted by atomic mass is 10.0. The molecule has 2 N–H and O–H groups in total. The van der Waals surface area contributed by atoms with Crippen molar-refractivity contribution in [3.8, 4) is 17.6 Å². The molecule has 1 amide bonds. The van der Waals surface area contributed by atoms with Crippen LogP contribution in [0.25, 0.3) is 4.91 Å². The van der Waals surface area contributed by atoms with E-state index >= 15 is 0 Å². The molecule has 1 saturated heterocycles. The number of rotatable bonds is 10. The maximum Gasteiger partial charge on any atom is 0.322 e. The number of amides is 1. The van der Waals surface area contributed by atoms with Gasteiger partial charge in [0.25, 0.3) is 5.91 Å². The van der Waals surface area contributed by atoms with Gasteiger partial charge >= 0.3 is 4.87 Å². The molecule has 3 aromatic rings. The minimum absolute atomic E-state index is 0.0379. The molecule has 2 aromatic carbocycles. The number of carbonyl (C=O) groups excluding carboxylic acids is 1. The van der Waals surface area contributed by atoms with Crippen LogP contribution in [0.15, 0.2) is 76.4 Å². The van der Waals surface area contributed by atoms with Gasteiger partial charge in [-0.25, -0.2) is 5.10 Å². The first-order valence-corrected chi connectivity index (χ1v) is 14.3. The highest BCUT2D eigenvalue weighted by atomic mass is 32.2. The SMILES string of the molecule is C=C(S/C(COc1ccc(C(=O)NC2CN(C)CC2c2n[nH]c(=O)s2)cc1)=C(\C)C#CCOC)c1ccccc1. The molecule has 1 aromatic heterocycles. The summed E-state index contributed by atoms with van der Waals surface area (Å²) in [7, 11) is 3.60. The third kappa shape index (κ3) is 7.96. The summed E-state index contributed by atoms with van der Waals surface area (Å²) in [6, 6.07) is 16.9. The molecule has 0 aliphatic carbocycles. The Morgan fingerprint density at radius 1 is 1.20 bits per heavy atom. The van der Waals surface area contributed by atoms with Crippen LogP contribution in [-0.4, -0.2) is 67.5 Å². The van der Waals surface area contributed by atoms with Crippen LogP contribution in [-0.2, 0) is 4.74 Å². The Hall–Kier alpha value is -3.62. The van der Waals surface area contributed by atoms with Crippen molar-refractivity contribution in [1.29, 1.82) is 0 Å². The summed E-state index contributed by atoms with van der Waals surface area (Å²) < 4.78 is 11.1. The molecule has 0 bridgehead atoms. The zero-order valence-electron chi connectivity index (χ0n) is 22.7. The fraction of sp³-hybridized carbons (Fsp3) is 0.300. The van der Waals surface area contributed by atoms with Gasteiger partial charge in [-0.2, -0.15) is 5.10 Å². The molecule has 0 saturated carbocycles. The van der Waals surface area contributed by atoms with Gasteiger partial charge < -0.3 is 19.7 Å². The van der Waals surface area contributed by atoms with E-state index in [0.29, 0.717) is 36.1 Å². The number of likely N-dealkylation sites (tertiary alicyclic amines) is 1. The molecule has 1 fully saturated rings. The summed E-state index contributed by atoms with van der Waals surface area (Å²) >= 11 is 2.62. The zero-order chi connectivity index (χ0) is 28.5. The fourth-order valence-electron chi connectivity index (χ4n) is 4.26. The van der Waals surface area contributed by atoms with E-state index < -0.39 is 0 Å². The Kier molecular flexibility index (Phi) is 10.4. The van der Waals surface area contributed by atoms with Gasteiger partial charge in [-0.15, -0.1) is 0 Å². The maximum atomic E-state index is 13.0. The highest BCUT2D eigenvalue weighted by Crippen LogP contribution is 2.34. The van der Waals surface area contributed by atoms with Crippen LogP contribution in [0, 0.1) is 11.8 Å². The average molecular weight is 577 g/mol. The molecule has 1 aliphatic heterocycles. The number of nitrogens with zero attached hydrogens (tertiary/aromatic N) is 2. The normalized spacial score (nSPS) is 17.5. The second kappa shape index (κ2) is 14.1. The van der Waals surface area contributed by atoms with Crippen LogP contribution in [0.2, 0.25) is 0 Å². The Bertz CT molecular complexity index is 1470. The number of hydrogen-bond acceptors (Lipinski definition) is 8. The maximum absolute atomic E-state index is 13.0. The van der Waals surface area contributed by atoms with Crippen molar-refractivity contribution >= 4 is 33.9 Å². The van der Waals surface area contributed by atoms with Gasteiger partial charge in [-0.3, -0.25) is 9.59 Å². The molecule has 2 unspecified atom stereocenters. The Morgan fingerprint density at radius 3 is 2.62 bits per heavy atom. The van der Waals surface area contributed by atoms with E-state index in [2.05, 4.69) is 38.8 Å². The zero-order valence-corrected chi connectivity index (χ0v) is 24.4. The van der Waals surface area contributed by atoms with Crippen LogP contribution in [0.3, 0.4) is 0 Å². The minimum atomic E-state index is -0.191. The number of carbonyl (C=O) groups is 1. The predicted octanol–water partition coefficient (Wildman–Crippen LogP) is 4.37. The van der Waals surface area contributed by atoms with Crippen molar-refractivity contribution in [3.05, 3.63) is 97.5 Å². The third-order valence-corrected chi connectivity index (χ3v) is 8.36. The quantitative estimate of drug-likeness (QED) is 0.346. The number of ether oxygens (including phenoxy) is 2. The Morgan fingerprint density at radius 2 is 1.95 bits per heavy atom. The predicted molar refractivity (Wildman–Crippen MR) is 162 cm³/mol. The second-order valence-corrected chi connectivity index (χ2v) is 11.5. The van der Waals surface area contributed by atoms with Crippen molar-refractivity contribution in [2.24, 2.45) is 0 Å². The lowest BCUT2D eigenvalue weighted by Crippen LogP contribution is -2.39. The smallest absolute Gasteiger partial charge is 0.322 e. The topological polar surface area (TPSA) is 96.5 Å². The standard InChI is InChI=1S/C30H32N4O4S2/c1-20(9-8-16-37-4)27(39-21(2)22-10-6-5-7-11-22)19-38-24-14-12-23(13-15-24)28(35)31-26-18-34(3)17-25(26)29-32-33-30(36)40-29/h5-7,10-15,25-26H,2,16-19H2,1,3-4H3,(H,31,35)(H,33,36)/b27-20+. The van der Waals surface area contributed by atoms with Gasteiger partial charge in [0.15, 0.2) is 0 Å². The Balaban J connectivity index is 1.40. The van der Waals surface area contributed by atoms with Crippen molar-refractivity contribution in [2.75, 3.05) is 40.5 Å². The monoisotopic (exact) mass is 576 g/mol. The van der Waals surface area contributed by atoms with E-state index in [-0.39, 0.29) is 22.7 Å². The number of allylic oxidation sites excluding steroid dienone is 1. The van der Waals surface area contributed by atoms with Crippen molar-refractivity contribution in [2.45, 2.75) is 18.9 Å². The lowest BCUT2D eigenvalue weighted by Gasteiger charge is -2.18. The fourth-order valence-corrected chi connectivity index (χ4v) is 5.89. The highest BCUT2D eigenvalue weighted by molar-refractivity contribution is 8.11. The van der Waals surface area contributed by atoms with E-state index in [9.17, 15) is 9.59 Å². The number of hydrogen-bond donors (Lipinski definition) is 2. The van der Waals surface area contributed by atoms with Crippen LogP contribution >= 0.6 is 23.1 Å². The first-order chi connectivity index (χ1) is 19.3. The summed E-state index contributed by atoms with van der Waals surface area (Å²) in [5, 5.41) is 10.4. The Labute approximate surface area is 242 Å². The highest BCUT2D eigenvalue weighted by Gasteiger charge is 2.35. The van der Waals surface area contributed by atoms with E-state index in [1.165, 1.54) is 11.8 Å². The number of benzene rings is 2. The molecule has 10 heteroatoms. The van der Waals surface area contributed by atoms with Gasteiger partial charge in [-0.1, -0.05) is 71.9 Å². The van der Waals surface area contributed by atoms with Crippen LogP contribution in [0.5, 0.6) is 5.75 Å². The number of aromatic amines is 1. The number of likely N-dealkylation sites (N-methyl/N-ethyl adjacent to an activating group) is 1. The van der Waals surface area contributed by atoms with E-state index in [1.54, 1.807) is 31.4 Å². The largest absolute Gasteiger partial charge is 0.488 e. The van der Waals surface area contributed by atoms with E-state index in [0.717, 1.165) is 38.8 Å². The number of thioether (sulfide) groups is 1. The lowest BCUT2D eigenvalue weighted by molar-refractivity contribution is 0.0935.